The molecule has 3 heterocycles. The summed E-state index contributed by atoms with van der Waals surface area (Å²) in [6.45, 7) is 17.4. The monoisotopic (exact) mass is 432 g/mol. The van der Waals surface area contributed by atoms with Crippen LogP contribution in [0.2, 0.25) is 25.7 Å². The highest BCUT2D eigenvalue weighted by Crippen LogP contribution is 2.34. The van der Waals surface area contributed by atoms with E-state index in [0.29, 0.717) is 38.8 Å². The van der Waals surface area contributed by atoms with E-state index in [1.54, 1.807) is 0 Å². The van der Waals surface area contributed by atoms with E-state index in [9.17, 15) is 9.90 Å². The van der Waals surface area contributed by atoms with Gasteiger partial charge in [0.1, 0.15) is 12.5 Å². The van der Waals surface area contributed by atoms with Gasteiger partial charge in [0.25, 0.3) is 0 Å². The van der Waals surface area contributed by atoms with Crippen molar-refractivity contribution in [3.63, 3.8) is 0 Å². The van der Waals surface area contributed by atoms with Crippen LogP contribution in [0, 0.1) is 6.92 Å². The number of hydrogen-bond acceptors (Lipinski definition) is 4. The van der Waals surface area contributed by atoms with Gasteiger partial charge < -0.3 is 24.2 Å². The SMILES string of the molecule is Cc1c(N2CCN(C(=O)O)CC2)ncc2c1c(C(C)C)cn2COCC[Si](C)(C)C. The number of piperazine rings is 1. The molecular weight excluding hydrogens is 396 g/mol. The van der Waals surface area contributed by atoms with Gasteiger partial charge in [0.15, 0.2) is 0 Å². The minimum Gasteiger partial charge on any atom is -0.465 e. The lowest BCUT2D eigenvalue weighted by atomic mass is 10.00. The van der Waals surface area contributed by atoms with Crippen LogP contribution in [0.3, 0.4) is 0 Å². The molecule has 166 valence electrons. The van der Waals surface area contributed by atoms with E-state index in [-0.39, 0.29) is 0 Å². The van der Waals surface area contributed by atoms with Gasteiger partial charge in [-0.3, -0.25) is 0 Å². The molecule has 0 aromatic carbocycles. The Morgan fingerprint density at radius 2 is 1.90 bits per heavy atom. The van der Waals surface area contributed by atoms with Gasteiger partial charge in [0, 0.05) is 58.0 Å². The first kappa shape index (κ1) is 22.6. The Hall–Kier alpha value is -2.06. The molecule has 1 aliphatic heterocycles. The third-order valence-electron chi connectivity index (χ3n) is 5.87. The predicted octanol–water partition coefficient (Wildman–Crippen LogP) is 4.58. The van der Waals surface area contributed by atoms with Crippen molar-refractivity contribution in [2.75, 3.05) is 37.7 Å². The van der Waals surface area contributed by atoms with Crippen molar-refractivity contribution in [2.45, 2.75) is 59.1 Å². The number of carboxylic acid groups (broad SMARTS) is 1. The number of rotatable bonds is 7. The lowest BCUT2D eigenvalue weighted by molar-refractivity contribution is 0.0901. The zero-order valence-corrected chi connectivity index (χ0v) is 20.2. The number of aryl methyl sites for hydroxylation is 1. The summed E-state index contributed by atoms with van der Waals surface area (Å²) in [5.41, 5.74) is 3.59. The van der Waals surface area contributed by atoms with Crippen molar-refractivity contribution < 1.29 is 14.6 Å². The molecule has 0 unspecified atom stereocenters. The first-order valence-corrected chi connectivity index (χ1v) is 14.6. The third-order valence-corrected chi connectivity index (χ3v) is 7.57. The van der Waals surface area contributed by atoms with Crippen LogP contribution in [0.1, 0.15) is 30.9 Å². The molecule has 3 rings (SSSR count). The maximum atomic E-state index is 11.2. The summed E-state index contributed by atoms with van der Waals surface area (Å²) in [7, 11) is -1.10. The summed E-state index contributed by atoms with van der Waals surface area (Å²) in [6.07, 6.45) is 3.32. The lowest BCUT2D eigenvalue weighted by Crippen LogP contribution is -2.48. The first-order chi connectivity index (χ1) is 14.1. The highest BCUT2D eigenvalue weighted by atomic mass is 28.3. The van der Waals surface area contributed by atoms with E-state index in [1.807, 2.05) is 6.20 Å². The molecule has 1 aliphatic rings. The second-order valence-corrected chi connectivity index (χ2v) is 15.4. The molecule has 8 heteroatoms. The molecule has 2 aromatic rings. The van der Waals surface area contributed by atoms with Gasteiger partial charge in [-0.15, -0.1) is 0 Å². The van der Waals surface area contributed by atoms with Crippen molar-refractivity contribution in [2.24, 2.45) is 0 Å². The lowest BCUT2D eigenvalue weighted by Gasteiger charge is -2.34. The number of amides is 1. The predicted molar refractivity (Wildman–Crippen MR) is 124 cm³/mol. The number of hydrogen-bond donors (Lipinski definition) is 1. The first-order valence-electron chi connectivity index (χ1n) is 10.9. The van der Waals surface area contributed by atoms with Crippen molar-refractivity contribution >= 4 is 30.9 Å². The van der Waals surface area contributed by atoms with E-state index in [0.717, 1.165) is 24.0 Å². The van der Waals surface area contributed by atoms with Crippen LogP contribution in [0.15, 0.2) is 12.4 Å². The smallest absolute Gasteiger partial charge is 0.407 e. The topological polar surface area (TPSA) is 70.8 Å². The molecule has 0 aliphatic carbocycles. The summed E-state index contributed by atoms with van der Waals surface area (Å²) in [5.74, 6) is 1.36. The van der Waals surface area contributed by atoms with E-state index in [4.69, 9.17) is 9.72 Å². The van der Waals surface area contributed by atoms with Crippen LogP contribution in [0.4, 0.5) is 10.6 Å². The number of fused-ring (bicyclic) bond motifs is 1. The molecule has 0 saturated carbocycles. The second kappa shape index (κ2) is 8.97. The van der Waals surface area contributed by atoms with Gasteiger partial charge in [-0.05, 0) is 24.4 Å². The van der Waals surface area contributed by atoms with Gasteiger partial charge >= 0.3 is 6.09 Å². The number of anilines is 1. The van der Waals surface area contributed by atoms with Crippen LogP contribution >= 0.6 is 0 Å². The van der Waals surface area contributed by atoms with Crippen LogP contribution in [-0.4, -0.2) is 66.5 Å². The van der Waals surface area contributed by atoms with Crippen molar-refractivity contribution in [3.05, 3.63) is 23.5 Å². The van der Waals surface area contributed by atoms with Crippen LogP contribution < -0.4 is 4.90 Å². The zero-order chi connectivity index (χ0) is 22.1. The Morgan fingerprint density at radius 3 is 2.47 bits per heavy atom. The molecule has 1 fully saturated rings. The summed E-state index contributed by atoms with van der Waals surface area (Å²) >= 11 is 0. The fourth-order valence-corrected chi connectivity index (χ4v) is 4.74. The third kappa shape index (κ3) is 4.98. The molecule has 0 atom stereocenters. The quantitative estimate of drug-likeness (QED) is 0.512. The number of ether oxygens (including phenoxy) is 1. The van der Waals surface area contributed by atoms with E-state index < -0.39 is 14.2 Å². The average molecular weight is 433 g/mol. The molecule has 2 aromatic heterocycles. The molecule has 1 saturated heterocycles. The average Bonchev–Trinajstić information content (AvgIpc) is 3.05. The number of aromatic nitrogens is 2. The Bertz CT molecular complexity index is 896. The highest BCUT2D eigenvalue weighted by Gasteiger charge is 2.24. The van der Waals surface area contributed by atoms with E-state index >= 15 is 0 Å². The summed E-state index contributed by atoms with van der Waals surface area (Å²) in [5, 5.41) is 10.5. The summed E-state index contributed by atoms with van der Waals surface area (Å²) < 4.78 is 8.20. The molecular formula is C22H36N4O3Si. The van der Waals surface area contributed by atoms with Crippen LogP contribution in [0.5, 0.6) is 0 Å². The van der Waals surface area contributed by atoms with Crippen molar-refractivity contribution in [1.82, 2.24) is 14.5 Å². The second-order valence-electron chi connectivity index (χ2n) is 9.78. The number of pyridine rings is 1. The molecule has 30 heavy (non-hydrogen) atoms. The molecule has 7 nitrogen and oxygen atoms in total. The number of nitrogens with zero attached hydrogens (tertiary/aromatic N) is 4. The molecule has 1 N–H and O–H groups in total. The normalized spacial score (nSPS) is 15.4. The Kier molecular flexibility index (Phi) is 6.77. The fourth-order valence-electron chi connectivity index (χ4n) is 3.99. The maximum Gasteiger partial charge on any atom is 0.407 e. The minimum atomic E-state index is -1.10. The Balaban J connectivity index is 1.85. The Labute approximate surface area is 180 Å². The summed E-state index contributed by atoms with van der Waals surface area (Å²) in [6, 6.07) is 1.16. The molecule has 0 spiro atoms. The van der Waals surface area contributed by atoms with Gasteiger partial charge in [-0.2, -0.15) is 0 Å². The van der Waals surface area contributed by atoms with Crippen molar-refractivity contribution in [1.29, 1.82) is 0 Å². The molecule has 0 radical (unpaired) electrons. The molecule has 1 amide bonds. The largest absolute Gasteiger partial charge is 0.465 e. The number of carbonyl (C=O) groups is 1. The molecule has 0 bridgehead atoms. The van der Waals surface area contributed by atoms with Gasteiger partial charge in [-0.25, -0.2) is 9.78 Å². The summed E-state index contributed by atoms with van der Waals surface area (Å²) in [4.78, 5) is 19.7. The van der Waals surface area contributed by atoms with E-state index in [1.165, 1.54) is 21.4 Å². The van der Waals surface area contributed by atoms with Crippen molar-refractivity contribution in [3.8, 4) is 0 Å². The van der Waals surface area contributed by atoms with Crippen LogP contribution in [-0.2, 0) is 11.5 Å². The fraction of sp³-hybridized carbons (Fsp3) is 0.636. The van der Waals surface area contributed by atoms with Gasteiger partial charge in [0.2, 0.25) is 0 Å². The zero-order valence-electron chi connectivity index (χ0n) is 19.2. The standard InChI is InChI=1S/C22H36N4O3Si/c1-16(2)18-14-26(15-29-11-12-30(4,5)6)19-13-23-21(17(3)20(18)19)24-7-9-25(10-8-24)22(27)28/h13-14,16H,7-12,15H2,1-6H3,(H,27,28). The van der Waals surface area contributed by atoms with E-state index in [2.05, 4.69) is 56.1 Å². The maximum absolute atomic E-state index is 11.2. The van der Waals surface area contributed by atoms with Gasteiger partial charge in [-0.1, -0.05) is 33.5 Å². The van der Waals surface area contributed by atoms with Crippen LogP contribution in [0.25, 0.3) is 10.9 Å². The highest BCUT2D eigenvalue weighted by molar-refractivity contribution is 6.76. The Morgan fingerprint density at radius 1 is 1.23 bits per heavy atom. The van der Waals surface area contributed by atoms with Gasteiger partial charge in [0.05, 0.1) is 11.7 Å². The minimum absolute atomic E-state index is 0.397.